The monoisotopic (exact) mass is 417 g/mol. The molecule has 0 radical (unpaired) electrons. The van der Waals surface area contributed by atoms with Gasteiger partial charge in [-0.25, -0.2) is 0 Å². The highest BCUT2D eigenvalue weighted by Crippen LogP contribution is 2.17. The van der Waals surface area contributed by atoms with Crippen molar-refractivity contribution >= 4 is 47.6 Å². The first-order chi connectivity index (χ1) is 12.1. The lowest BCUT2D eigenvalue weighted by Gasteiger charge is -2.36. The Labute approximate surface area is 170 Å². The van der Waals surface area contributed by atoms with E-state index in [2.05, 4.69) is 5.32 Å². The van der Waals surface area contributed by atoms with Crippen LogP contribution < -0.4 is 5.32 Å². The van der Waals surface area contributed by atoms with Crippen LogP contribution in [0.3, 0.4) is 0 Å². The Hall–Kier alpha value is -0.950. The molecular weight excluding hydrogens is 393 g/mol. The molecule has 8 heteroatoms. The van der Waals surface area contributed by atoms with Crippen molar-refractivity contribution in [2.24, 2.45) is 0 Å². The summed E-state index contributed by atoms with van der Waals surface area (Å²) in [6.45, 7) is 3.41. The van der Waals surface area contributed by atoms with E-state index in [1.807, 2.05) is 39.8 Å². The minimum absolute atomic E-state index is 0. The number of hydrogen-bond donors (Lipinski definition) is 1. The number of benzene rings is 1. The smallest absolute Gasteiger partial charge is 0.227 e. The summed E-state index contributed by atoms with van der Waals surface area (Å²) in [5.74, 6) is 2.39. The normalized spacial score (nSPS) is 20.4. The molecule has 1 atom stereocenters. The van der Waals surface area contributed by atoms with E-state index in [1.54, 1.807) is 6.07 Å². The van der Waals surface area contributed by atoms with Crippen molar-refractivity contribution in [3.63, 3.8) is 0 Å². The number of nitrogens with one attached hydrogen (secondary N) is 1. The van der Waals surface area contributed by atoms with Crippen molar-refractivity contribution in [1.82, 2.24) is 15.1 Å². The summed E-state index contributed by atoms with van der Waals surface area (Å²) in [4.78, 5) is 28.6. The van der Waals surface area contributed by atoms with E-state index in [9.17, 15) is 9.59 Å². The van der Waals surface area contributed by atoms with Crippen molar-refractivity contribution < 1.29 is 9.59 Å². The summed E-state index contributed by atoms with van der Waals surface area (Å²) >= 11 is 8.03. The first kappa shape index (κ1) is 21.4. The van der Waals surface area contributed by atoms with Gasteiger partial charge in [-0.15, -0.1) is 12.4 Å². The number of halogens is 2. The molecule has 2 fully saturated rings. The molecule has 144 valence electrons. The molecule has 0 saturated carbocycles. The molecule has 2 heterocycles. The van der Waals surface area contributed by atoms with Gasteiger partial charge >= 0.3 is 0 Å². The molecule has 0 aliphatic carbocycles. The van der Waals surface area contributed by atoms with Crippen molar-refractivity contribution in [2.75, 3.05) is 44.2 Å². The van der Waals surface area contributed by atoms with E-state index in [-0.39, 0.29) is 30.3 Å². The van der Waals surface area contributed by atoms with Gasteiger partial charge in [0, 0.05) is 61.7 Å². The number of rotatable bonds is 4. The maximum atomic E-state index is 12.5. The molecule has 1 aromatic carbocycles. The Balaban J connectivity index is 0.00000243. The molecular formula is C18H25Cl2N3O2S. The van der Waals surface area contributed by atoms with E-state index in [1.165, 1.54) is 0 Å². The van der Waals surface area contributed by atoms with E-state index in [0.717, 1.165) is 23.6 Å². The predicted molar refractivity (Wildman–Crippen MR) is 109 cm³/mol. The molecule has 2 amide bonds. The SMILES string of the molecule is Cl.O=C(Cc1ccccc1Cl)N1CCN(C(=O)CC2CSCCN2)CC1. The number of carbonyl (C=O) groups excluding carboxylic acids is 2. The molecule has 1 aromatic rings. The number of carbonyl (C=O) groups is 2. The highest BCUT2D eigenvalue weighted by atomic mass is 35.5. The van der Waals surface area contributed by atoms with Gasteiger partial charge in [0.25, 0.3) is 0 Å². The van der Waals surface area contributed by atoms with Gasteiger partial charge in [0.1, 0.15) is 0 Å². The molecule has 2 saturated heterocycles. The Kier molecular flexibility index (Phi) is 8.54. The summed E-state index contributed by atoms with van der Waals surface area (Å²) in [5, 5.41) is 4.03. The molecule has 2 aliphatic heterocycles. The van der Waals surface area contributed by atoms with Crippen LogP contribution in [0.5, 0.6) is 0 Å². The van der Waals surface area contributed by atoms with Crippen LogP contribution in [-0.4, -0.2) is 71.9 Å². The van der Waals surface area contributed by atoms with Crippen LogP contribution in [0.1, 0.15) is 12.0 Å². The third-order valence-electron chi connectivity index (χ3n) is 4.70. The van der Waals surface area contributed by atoms with Crippen molar-refractivity contribution in [1.29, 1.82) is 0 Å². The minimum atomic E-state index is 0. The predicted octanol–water partition coefficient (Wildman–Crippen LogP) is 2.07. The standard InChI is InChI=1S/C18H24ClN3O2S.ClH/c19-16-4-2-1-3-14(16)11-17(23)21-6-8-22(9-7-21)18(24)12-15-13-25-10-5-20-15;/h1-4,15,20H,5-13H2;1H. The molecule has 26 heavy (non-hydrogen) atoms. The summed E-state index contributed by atoms with van der Waals surface area (Å²) in [6.07, 6.45) is 0.872. The van der Waals surface area contributed by atoms with Gasteiger partial charge < -0.3 is 15.1 Å². The van der Waals surface area contributed by atoms with Crippen molar-refractivity contribution in [2.45, 2.75) is 18.9 Å². The van der Waals surface area contributed by atoms with Crippen molar-refractivity contribution in [3.8, 4) is 0 Å². The lowest BCUT2D eigenvalue weighted by molar-refractivity contribution is -0.139. The maximum absolute atomic E-state index is 12.5. The molecule has 1 N–H and O–H groups in total. The van der Waals surface area contributed by atoms with Crippen LogP contribution in [0.15, 0.2) is 24.3 Å². The third-order valence-corrected chi connectivity index (χ3v) is 6.20. The van der Waals surface area contributed by atoms with Crippen LogP contribution in [0, 0.1) is 0 Å². The lowest BCUT2D eigenvalue weighted by Crippen LogP contribution is -2.52. The molecule has 1 unspecified atom stereocenters. The highest BCUT2D eigenvalue weighted by Gasteiger charge is 2.26. The zero-order chi connectivity index (χ0) is 17.6. The Morgan fingerprint density at radius 1 is 1.12 bits per heavy atom. The van der Waals surface area contributed by atoms with Crippen LogP contribution in [0.2, 0.25) is 5.02 Å². The third kappa shape index (κ3) is 5.78. The topological polar surface area (TPSA) is 52.7 Å². The van der Waals surface area contributed by atoms with Gasteiger partial charge in [-0.05, 0) is 11.6 Å². The molecule has 2 aliphatic rings. The van der Waals surface area contributed by atoms with Crippen LogP contribution in [-0.2, 0) is 16.0 Å². The Morgan fingerprint density at radius 2 is 1.77 bits per heavy atom. The molecule has 0 bridgehead atoms. The Morgan fingerprint density at radius 3 is 2.38 bits per heavy atom. The number of piperazine rings is 1. The minimum Gasteiger partial charge on any atom is -0.339 e. The van der Waals surface area contributed by atoms with E-state index in [0.29, 0.717) is 44.0 Å². The highest BCUT2D eigenvalue weighted by molar-refractivity contribution is 7.99. The van der Waals surface area contributed by atoms with Gasteiger partial charge in [0.05, 0.1) is 6.42 Å². The van der Waals surface area contributed by atoms with Crippen LogP contribution in [0.25, 0.3) is 0 Å². The number of amides is 2. The Bertz CT molecular complexity index is 618. The van der Waals surface area contributed by atoms with Crippen LogP contribution in [0.4, 0.5) is 0 Å². The zero-order valence-electron chi connectivity index (χ0n) is 14.7. The second kappa shape index (κ2) is 10.4. The molecule has 3 rings (SSSR count). The second-order valence-corrected chi connectivity index (χ2v) is 8.02. The van der Waals surface area contributed by atoms with E-state index < -0.39 is 0 Å². The number of hydrogen-bond acceptors (Lipinski definition) is 4. The van der Waals surface area contributed by atoms with Gasteiger partial charge in [-0.2, -0.15) is 11.8 Å². The van der Waals surface area contributed by atoms with Gasteiger partial charge in [-0.3, -0.25) is 9.59 Å². The largest absolute Gasteiger partial charge is 0.339 e. The number of thioether (sulfide) groups is 1. The fraction of sp³-hybridized carbons (Fsp3) is 0.556. The van der Waals surface area contributed by atoms with Crippen molar-refractivity contribution in [3.05, 3.63) is 34.9 Å². The fourth-order valence-corrected chi connectivity index (χ4v) is 4.36. The quantitative estimate of drug-likeness (QED) is 0.814. The van der Waals surface area contributed by atoms with Gasteiger partial charge in [0.15, 0.2) is 0 Å². The summed E-state index contributed by atoms with van der Waals surface area (Å²) in [6, 6.07) is 7.72. The molecule has 5 nitrogen and oxygen atoms in total. The zero-order valence-corrected chi connectivity index (χ0v) is 17.0. The average Bonchev–Trinajstić information content (AvgIpc) is 2.64. The molecule has 0 spiro atoms. The summed E-state index contributed by atoms with van der Waals surface area (Å²) in [5.41, 5.74) is 0.855. The summed E-state index contributed by atoms with van der Waals surface area (Å²) < 4.78 is 0. The second-order valence-electron chi connectivity index (χ2n) is 6.46. The van der Waals surface area contributed by atoms with E-state index in [4.69, 9.17) is 11.6 Å². The number of nitrogens with zero attached hydrogens (tertiary/aromatic N) is 2. The first-order valence-corrected chi connectivity index (χ1v) is 10.3. The van der Waals surface area contributed by atoms with Crippen LogP contribution >= 0.6 is 35.8 Å². The first-order valence-electron chi connectivity index (χ1n) is 8.73. The fourth-order valence-electron chi connectivity index (χ4n) is 3.21. The lowest BCUT2D eigenvalue weighted by atomic mass is 10.1. The molecule has 0 aromatic heterocycles. The van der Waals surface area contributed by atoms with Gasteiger partial charge in [0.2, 0.25) is 11.8 Å². The van der Waals surface area contributed by atoms with Gasteiger partial charge in [-0.1, -0.05) is 29.8 Å². The average molecular weight is 418 g/mol. The van der Waals surface area contributed by atoms with E-state index >= 15 is 0 Å². The maximum Gasteiger partial charge on any atom is 0.227 e. The summed E-state index contributed by atoms with van der Waals surface area (Å²) in [7, 11) is 0.